The van der Waals surface area contributed by atoms with Gasteiger partial charge in [0.05, 0.1) is 0 Å². The Kier molecular flexibility index (Phi) is 4.93. The fraction of sp³-hybridized carbons (Fsp3) is 0.333. The fourth-order valence-corrected chi connectivity index (χ4v) is 2.73. The van der Waals surface area contributed by atoms with Gasteiger partial charge in [-0.25, -0.2) is 14.5 Å². The van der Waals surface area contributed by atoms with Gasteiger partial charge in [-0.1, -0.05) is 6.07 Å². The first-order chi connectivity index (χ1) is 11.7. The van der Waals surface area contributed by atoms with E-state index in [-0.39, 0.29) is 23.3 Å². The minimum atomic E-state index is -2.13. The number of carbonyl (C=O) groups excluding carboxylic acids is 2. The summed E-state index contributed by atoms with van der Waals surface area (Å²) in [6.07, 6.45) is -1.58. The van der Waals surface area contributed by atoms with Gasteiger partial charge in [-0.2, -0.15) is 0 Å². The molecule has 0 radical (unpaired) electrons. The number of anilines is 1. The molecule has 0 unspecified atom stereocenters. The van der Waals surface area contributed by atoms with Crippen LogP contribution in [0.2, 0.25) is 0 Å². The summed E-state index contributed by atoms with van der Waals surface area (Å²) in [4.78, 5) is 45.8. The predicted molar refractivity (Wildman–Crippen MR) is 84.1 cm³/mol. The molecule has 0 bridgehead atoms. The highest BCUT2D eigenvalue weighted by Crippen LogP contribution is 2.39. The summed E-state index contributed by atoms with van der Waals surface area (Å²) >= 11 is 0. The lowest BCUT2D eigenvalue weighted by Gasteiger charge is -2.27. The van der Waals surface area contributed by atoms with Gasteiger partial charge in [0.1, 0.15) is 6.54 Å². The highest BCUT2D eigenvalue weighted by molar-refractivity contribution is 6.00. The Labute approximate surface area is 142 Å². The number of benzene rings is 1. The second-order valence-corrected chi connectivity index (χ2v) is 5.50. The number of aryl methyl sites for hydroxylation is 1. The van der Waals surface area contributed by atoms with Crippen LogP contribution in [0, 0.1) is 0 Å². The zero-order chi connectivity index (χ0) is 18.8. The molecule has 25 heavy (non-hydrogen) atoms. The zero-order valence-corrected chi connectivity index (χ0v) is 13.3. The number of hydrogen-bond acceptors (Lipinski definition) is 5. The Hall–Kier alpha value is -3.14. The van der Waals surface area contributed by atoms with Crippen LogP contribution in [0.1, 0.15) is 17.5 Å². The number of imide groups is 1. The number of fused-ring (bicyclic) bond motifs is 1. The quantitative estimate of drug-likeness (QED) is 0.517. The summed E-state index contributed by atoms with van der Waals surface area (Å²) in [6.45, 7) is -1.07. The van der Waals surface area contributed by atoms with Gasteiger partial charge in [0.25, 0.3) is 5.91 Å². The molecule has 1 aromatic rings. The normalized spacial score (nSPS) is 18.2. The van der Waals surface area contributed by atoms with Crippen LogP contribution in [0.5, 0.6) is 0 Å². The van der Waals surface area contributed by atoms with Gasteiger partial charge in [-0.3, -0.25) is 9.59 Å². The minimum Gasteiger partial charge on any atom is -0.480 e. The number of aliphatic carboxylic acids is 1. The SMILES string of the molecule is CNC(=O)Nc1ccc2c(c1)CC[C@]2(O)C(=O)N(CC(=O)O)C(=O)O. The van der Waals surface area contributed by atoms with E-state index in [9.17, 15) is 24.3 Å². The average Bonchev–Trinajstić information content (AvgIpc) is 2.89. The van der Waals surface area contributed by atoms with E-state index >= 15 is 0 Å². The molecular weight excluding hydrogens is 334 g/mol. The maximum Gasteiger partial charge on any atom is 0.414 e. The van der Waals surface area contributed by atoms with E-state index in [4.69, 9.17) is 10.2 Å². The van der Waals surface area contributed by atoms with Gasteiger partial charge in [0.2, 0.25) is 0 Å². The van der Waals surface area contributed by atoms with Crippen molar-refractivity contribution in [1.82, 2.24) is 10.2 Å². The summed E-state index contributed by atoms with van der Waals surface area (Å²) in [5.41, 5.74) is -0.938. The lowest BCUT2D eigenvalue weighted by Crippen LogP contribution is -2.50. The smallest absolute Gasteiger partial charge is 0.414 e. The van der Waals surface area contributed by atoms with Gasteiger partial charge in [-0.15, -0.1) is 0 Å². The first kappa shape index (κ1) is 18.2. The summed E-state index contributed by atoms with van der Waals surface area (Å²) < 4.78 is 0. The number of hydrogen-bond donors (Lipinski definition) is 5. The number of aliphatic hydroxyl groups is 1. The van der Waals surface area contributed by atoms with Crippen molar-refractivity contribution in [1.29, 1.82) is 0 Å². The van der Waals surface area contributed by atoms with E-state index in [2.05, 4.69) is 10.6 Å². The molecule has 0 aliphatic heterocycles. The van der Waals surface area contributed by atoms with Crippen molar-refractivity contribution < 1.29 is 34.5 Å². The molecule has 1 aliphatic carbocycles. The van der Waals surface area contributed by atoms with Crippen molar-refractivity contribution in [3.05, 3.63) is 29.3 Å². The largest absolute Gasteiger partial charge is 0.480 e. The van der Waals surface area contributed by atoms with E-state index in [1.807, 2.05) is 0 Å². The Morgan fingerprint density at radius 3 is 2.48 bits per heavy atom. The Bertz CT molecular complexity index is 749. The fourth-order valence-electron chi connectivity index (χ4n) is 2.73. The molecule has 134 valence electrons. The highest BCUT2D eigenvalue weighted by atomic mass is 16.4. The van der Waals surface area contributed by atoms with Gasteiger partial charge in [0.15, 0.2) is 5.60 Å². The van der Waals surface area contributed by atoms with Crippen LogP contribution in [0.4, 0.5) is 15.3 Å². The van der Waals surface area contributed by atoms with Crippen molar-refractivity contribution in [3.63, 3.8) is 0 Å². The summed E-state index contributed by atoms with van der Waals surface area (Å²) in [5, 5.41) is 33.5. The molecule has 0 saturated heterocycles. The van der Waals surface area contributed by atoms with E-state index < -0.39 is 36.1 Å². The predicted octanol–water partition coefficient (Wildman–Crippen LogP) is 0.163. The van der Waals surface area contributed by atoms with Crippen molar-refractivity contribution >= 4 is 29.7 Å². The van der Waals surface area contributed by atoms with E-state index in [1.165, 1.54) is 19.2 Å². The monoisotopic (exact) mass is 351 g/mol. The molecule has 10 nitrogen and oxygen atoms in total. The van der Waals surface area contributed by atoms with Crippen LogP contribution < -0.4 is 10.6 Å². The second-order valence-electron chi connectivity index (χ2n) is 5.50. The third kappa shape index (κ3) is 3.53. The molecule has 0 spiro atoms. The lowest BCUT2D eigenvalue weighted by molar-refractivity contribution is -0.154. The van der Waals surface area contributed by atoms with Crippen molar-refractivity contribution in [2.24, 2.45) is 0 Å². The third-order valence-corrected chi connectivity index (χ3v) is 3.92. The topological polar surface area (TPSA) is 156 Å². The maximum atomic E-state index is 12.5. The van der Waals surface area contributed by atoms with Crippen LogP contribution in [0.15, 0.2) is 18.2 Å². The van der Waals surface area contributed by atoms with Gasteiger partial charge < -0.3 is 26.0 Å². The average molecular weight is 351 g/mol. The summed E-state index contributed by atoms with van der Waals surface area (Å²) in [5.74, 6) is -2.73. The van der Waals surface area contributed by atoms with Crippen molar-refractivity contribution in [3.8, 4) is 0 Å². The first-order valence-corrected chi connectivity index (χ1v) is 7.30. The van der Waals surface area contributed by atoms with Crippen LogP contribution in [-0.2, 0) is 21.6 Å². The summed E-state index contributed by atoms with van der Waals surface area (Å²) in [6, 6.07) is 3.99. The molecule has 1 aliphatic rings. The molecule has 0 heterocycles. The van der Waals surface area contributed by atoms with E-state index in [0.29, 0.717) is 11.3 Å². The number of carboxylic acid groups (broad SMARTS) is 2. The van der Waals surface area contributed by atoms with E-state index in [0.717, 1.165) is 0 Å². The maximum absolute atomic E-state index is 12.5. The Morgan fingerprint density at radius 2 is 1.92 bits per heavy atom. The number of amides is 4. The third-order valence-electron chi connectivity index (χ3n) is 3.92. The van der Waals surface area contributed by atoms with Crippen molar-refractivity contribution in [2.75, 3.05) is 18.9 Å². The number of rotatable bonds is 4. The van der Waals surface area contributed by atoms with Gasteiger partial charge in [-0.05, 0) is 36.1 Å². The number of carboxylic acids is 1. The highest BCUT2D eigenvalue weighted by Gasteiger charge is 2.47. The van der Waals surface area contributed by atoms with Gasteiger partial charge in [0, 0.05) is 12.7 Å². The number of nitrogens with zero attached hydrogens (tertiary/aromatic N) is 1. The molecular formula is C15H17N3O7. The van der Waals surface area contributed by atoms with Crippen LogP contribution in [-0.4, -0.2) is 57.8 Å². The molecule has 1 atom stereocenters. The first-order valence-electron chi connectivity index (χ1n) is 7.30. The Morgan fingerprint density at radius 1 is 1.24 bits per heavy atom. The molecule has 4 amide bonds. The van der Waals surface area contributed by atoms with Gasteiger partial charge >= 0.3 is 18.1 Å². The molecule has 10 heteroatoms. The van der Waals surface area contributed by atoms with Crippen LogP contribution in [0.3, 0.4) is 0 Å². The molecule has 2 rings (SSSR count). The van der Waals surface area contributed by atoms with Crippen molar-refractivity contribution in [2.45, 2.75) is 18.4 Å². The van der Waals surface area contributed by atoms with Crippen LogP contribution in [0.25, 0.3) is 0 Å². The second kappa shape index (κ2) is 6.77. The lowest BCUT2D eigenvalue weighted by atomic mass is 9.94. The summed E-state index contributed by atoms with van der Waals surface area (Å²) in [7, 11) is 1.45. The molecule has 1 aromatic carbocycles. The molecule has 5 N–H and O–H groups in total. The number of carbonyl (C=O) groups is 4. The number of nitrogens with one attached hydrogen (secondary N) is 2. The number of urea groups is 1. The molecule has 0 fully saturated rings. The standard InChI is InChI=1S/C15H17N3O7/c1-16-13(22)17-9-2-3-10-8(6-9)4-5-15(10,25)12(21)18(14(23)24)7-11(19)20/h2-3,6,25H,4-5,7H2,1H3,(H,19,20)(H,23,24)(H2,16,17,22)/t15-/m1/s1. The molecule has 0 saturated carbocycles. The Balaban J connectivity index is 2.33. The van der Waals surface area contributed by atoms with E-state index in [1.54, 1.807) is 6.07 Å². The van der Waals surface area contributed by atoms with Crippen LogP contribution >= 0.6 is 0 Å². The zero-order valence-electron chi connectivity index (χ0n) is 13.3. The minimum absolute atomic E-state index is 0.0775. The molecule has 0 aromatic heterocycles.